The van der Waals surface area contributed by atoms with Gasteiger partial charge in [-0.2, -0.15) is 29.6 Å². The summed E-state index contributed by atoms with van der Waals surface area (Å²) in [6.07, 6.45) is -6.97. The lowest BCUT2D eigenvalue weighted by Gasteiger charge is -2.30. The second-order valence-corrected chi connectivity index (χ2v) is 19.7. The molecule has 0 aliphatic carbocycles. The molecule has 37 heteroatoms. The summed E-state index contributed by atoms with van der Waals surface area (Å²) in [6.45, 7) is 0.157. The first-order valence-electron chi connectivity index (χ1n) is 19.3. The molecule has 2 aromatic rings. The van der Waals surface area contributed by atoms with Gasteiger partial charge in [0.25, 0.3) is 0 Å². The van der Waals surface area contributed by atoms with Gasteiger partial charge in [0.15, 0.2) is 17.7 Å². The van der Waals surface area contributed by atoms with E-state index >= 15 is 0 Å². The Hall–Kier alpha value is -3.92. The first kappa shape index (κ1) is 60.2. The maximum atomic E-state index is 12.6. The molecule has 3 rings (SSSR count). The summed E-state index contributed by atoms with van der Waals surface area (Å²) in [5.74, 6) is -4.65. The van der Waals surface area contributed by atoms with Crippen molar-refractivity contribution in [2.24, 2.45) is 11.1 Å². The Kier molecular flexibility index (Phi) is 23.8. The molecule has 32 nitrogen and oxygen atoms in total. The molecule has 1 fully saturated rings. The number of aromatic nitrogens is 4. The maximum Gasteiger partial charge on any atom is 0.481 e. The number of aliphatic hydroxyl groups is 2. The van der Waals surface area contributed by atoms with Gasteiger partial charge in [-0.25, -0.2) is 28.6 Å². The van der Waals surface area contributed by atoms with Gasteiger partial charge in [-0.15, -0.1) is 0 Å². The van der Waals surface area contributed by atoms with E-state index in [2.05, 4.69) is 70.3 Å². The molecule has 1 aliphatic heterocycles. The molecule has 4 amide bonds. The number of aliphatic carboxylic acids is 2. The number of ether oxygens (including phenoxy) is 1. The van der Waals surface area contributed by atoms with E-state index < -0.39 is 121 Å². The van der Waals surface area contributed by atoms with E-state index in [9.17, 15) is 72.2 Å². The molecule has 386 valence electrons. The highest BCUT2D eigenvalue weighted by Crippen LogP contribution is 2.61. The van der Waals surface area contributed by atoms with E-state index in [0.717, 1.165) is 17.2 Å². The van der Waals surface area contributed by atoms with Gasteiger partial charge >= 0.3 is 35.4 Å². The highest BCUT2D eigenvalue weighted by atomic mass is 32.1. The summed E-state index contributed by atoms with van der Waals surface area (Å²) in [4.78, 5) is 118. The van der Waals surface area contributed by atoms with Gasteiger partial charge in [-0.1, -0.05) is 13.8 Å². The summed E-state index contributed by atoms with van der Waals surface area (Å²) in [5.41, 5.74) is 9.53. The van der Waals surface area contributed by atoms with Crippen LogP contribution in [0.4, 0.5) is 5.82 Å². The maximum absolute atomic E-state index is 12.6. The Bertz CT molecular complexity index is 2220. The number of rotatable bonds is 27. The van der Waals surface area contributed by atoms with Crippen molar-refractivity contribution in [3.63, 3.8) is 0 Å². The normalized spacial score (nSPS) is 20.3. The number of nitrogens with zero attached hydrogens (tertiary/aromatic N) is 4. The SMILES string of the molecule is CC(C)(COP(=O)(O)OP(=O)(O)OC[C@H]1O[C@@H](n2cnc3c(N)ncnc32)[C@H](O)[C@@H]1OP(=O)(O)O)[C@@H](O)C(=O)NCCC(=O)NCCS.N[C@@H](CCC(=O)N[C@@H](CS)C(=O)NCC(=O)O)C(=O)O. The zero-order valence-electron chi connectivity index (χ0n) is 35.7. The Morgan fingerprint density at radius 2 is 1.57 bits per heavy atom. The van der Waals surface area contributed by atoms with Gasteiger partial charge in [-0.3, -0.25) is 46.9 Å². The molecular weight excluding hydrogens is 1020 g/mol. The van der Waals surface area contributed by atoms with Crippen LogP contribution < -0.4 is 32.7 Å². The minimum absolute atomic E-state index is 0.0256. The molecule has 1 aliphatic rings. The average molecular weight is 1070 g/mol. The van der Waals surface area contributed by atoms with Crippen LogP contribution in [0.1, 0.15) is 39.3 Å². The van der Waals surface area contributed by atoms with Crippen LogP contribution in [0.5, 0.6) is 0 Å². The number of amides is 4. The van der Waals surface area contributed by atoms with Gasteiger partial charge in [-0.05, 0) is 6.42 Å². The molecule has 1 saturated heterocycles. The lowest BCUT2D eigenvalue weighted by Crippen LogP contribution is -2.49. The number of carboxylic acid groups (broad SMARTS) is 2. The third-order valence-corrected chi connectivity index (χ3v) is 12.4. The van der Waals surface area contributed by atoms with Gasteiger partial charge in [0.1, 0.15) is 54.9 Å². The predicted octanol–water partition coefficient (Wildman–Crippen LogP) is -3.87. The highest BCUT2D eigenvalue weighted by Gasteiger charge is 2.50. The van der Waals surface area contributed by atoms with Crippen LogP contribution in [0.15, 0.2) is 12.7 Å². The summed E-state index contributed by atoms with van der Waals surface area (Å²) in [6, 6.07) is -2.15. The van der Waals surface area contributed by atoms with Crippen molar-refractivity contribution in [2.75, 3.05) is 50.1 Å². The number of imidazole rings is 1. The molecule has 2 aromatic heterocycles. The van der Waals surface area contributed by atoms with E-state index in [-0.39, 0.29) is 54.4 Å². The van der Waals surface area contributed by atoms with E-state index in [1.807, 2.05) is 0 Å². The van der Waals surface area contributed by atoms with E-state index in [0.29, 0.717) is 12.3 Å². The molecule has 0 saturated carbocycles. The predicted molar refractivity (Wildman–Crippen MR) is 235 cm³/mol. The summed E-state index contributed by atoms with van der Waals surface area (Å²) >= 11 is 7.82. The molecule has 0 spiro atoms. The number of aliphatic hydroxyl groups excluding tert-OH is 2. The monoisotopic (exact) mass is 1070 g/mol. The highest BCUT2D eigenvalue weighted by molar-refractivity contribution is 7.80. The number of anilines is 1. The number of nitrogens with two attached hydrogens (primary N) is 2. The summed E-state index contributed by atoms with van der Waals surface area (Å²) in [5, 5.41) is 47.5. The van der Waals surface area contributed by atoms with Crippen molar-refractivity contribution < 1.29 is 105 Å². The molecular formula is C31H53N10O22P3S2. The van der Waals surface area contributed by atoms with Crippen molar-refractivity contribution in [1.82, 2.24) is 40.8 Å². The topological polar surface area (TPSA) is 505 Å². The van der Waals surface area contributed by atoms with Crippen LogP contribution in [-0.2, 0) is 65.1 Å². The summed E-state index contributed by atoms with van der Waals surface area (Å²) < 4.78 is 61.7. The number of nitrogens with one attached hydrogen (secondary N) is 4. The van der Waals surface area contributed by atoms with Gasteiger partial charge in [0.2, 0.25) is 23.6 Å². The zero-order chi connectivity index (χ0) is 51.8. The molecule has 3 heterocycles. The van der Waals surface area contributed by atoms with E-state index in [4.69, 9.17) is 35.5 Å². The van der Waals surface area contributed by atoms with Crippen LogP contribution in [0.25, 0.3) is 11.2 Å². The van der Waals surface area contributed by atoms with Crippen molar-refractivity contribution in [1.29, 1.82) is 0 Å². The molecule has 0 radical (unpaired) electrons. The smallest absolute Gasteiger partial charge is 0.480 e. The first-order valence-corrected chi connectivity index (χ1v) is 25.1. The number of phosphoric ester groups is 3. The second-order valence-electron chi connectivity index (χ2n) is 14.7. The molecule has 16 N–H and O–H groups in total. The van der Waals surface area contributed by atoms with Crippen LogP contribution in [-0.4, -0.2) is 176 Å². The number of fused-ring (bicyclic) bond motifs is 1. The number of nitrogen functional groups attached to an aromatic ring is 1. The largest absolute Gasteiger partial charge is 0.481 e. The molecule has 68 heavy (non-hydrogen) atoms. The average Bonchev–Trinajstić information content (AvgIpc) is 3.81. The fourth-order valence-corrected chi connectivity index (χ4v) is 8.49. The van der Waals surface area contributed by atoms with Gasteiger partial charge < -0.3 is 77.5 Å². The van der Waals surface area contributed by atoms with E-state index in [1.165, 1.54) is 13.8 Å². The third-order valence-electron chi connectivity index (χ3n) is 8.76. The lowest BCUT2D eigenvalue weighted by atomic mass is 9.87. The minimum atomic E-state index is -5.54. The zero-order valence-corrected chi connectivity index (χ0v) is 40.2. The fourth-order valence-electron chi connectivity index (χ4n) is 5.29. The molecule has 0 bridgehead atoms. The molecule has 2 unspecified atom stereocenters. The fraction of sp³-hybridized carbons (Fsp3) is 0.645. The Morgan fingerprint density at radius 1 is 0.926 bits per heavy atom. The third kappa shape index (κ3) is 20.2. The standard InChI is InChI=1S/C21H36N7O16P3S.C10H17N3O6S/c1-21(2,16(31)19(32)24-4-3-12(29)23-5-6-48)8-41-47(38,39)44-46(36,37)40-7-11-15(43-45(33,34)35)14(30)20(42-11)28-10-27-13-17(22)25-9-26-18(13)28;11-5(10(18)19)1-2-7(14)13-6(4-20)9(17)12-3-8(15)16/h9-11,14-16,20,30-31,48H,3-8H2,1-2H3,(H,23,29)(H,24,32)(H,36,37)(H,38,39)(H2,22,25,26)(H2,33,34,35);5-6,20H,1-4,11H2,(H,12,17)(H,13,14)(H,15,16)(H,18,19)/t11-,14-,15-,16+,20-;5-,6-/m10/s1. The number of carboxylic acids is 2. The Balaban J connectivity index is 0.000000666. The van der Waals surface area contributed by atoms with Gasteiger partial charge in [0.05, 0.1) is 19.5 Å². The Morgan fingerprint density at radius 3 is 2.16 bits per heavy atom. The second kappa shape index (κ2) is 26.9. The minimum Gasteiger partial charge on any atom is -0.480 e. The number of hydrogen-bond acceptors (Lipinski definition) is 23. The first-order chi connectivity index (χ1) is 31.4. The number of carbonyl (C=O) groups excluding carboxylic acids is 4. The van der Waals surface area contributed by atoms with Crippen LogP contribution in [0.3, 0.4) is 0 Å². The number of thiol groups is 2. The number of phosphoric acid groups is 3. The number of carbonyl (C=O) groups is 6. The number of hydrogen-bond donors (Lipinski definition) is 16. The van der Waals surface area contributed by atoms with Crippen LogP contribution in [0.2, 0.25) is 0 Å². The van der Waals surface area contributed by atoms with Crippen molar-refractivity contribution >= 4 is 101 Å². The van der Waals surface area contributed by atoms with Crippen molar-refractivity contribution in [2.45, 2.75) is 75.8 Å². The molecule has 9 atom stereocenters. The van der Waals surface area contributed by atoms with Crippen LogP contribution in [0, 0.1) is 5.41 Å². The molecule has 0 aromatic carbocycles. The van der Waals surface area contributed by atoms with Crippen molar-refractivity contribution in [3.05, 3.63) is 12.7 Å². The van der Waals surface area contributed by atoms with Crippen molar-refractivity contribution in [3.8, 4) is 0 Å². The Labute approximate surface area is 395 Å². The quantitative estimate of drug-likeness (QED) is 0.0301. The summed E-state index contributed by atoms with van der Waals surface area (Å²) in [7, 11) is -16.3. The van der Waals surface area contributed by atoms with Crippen LogP contribution >= 0.6 is 48.7 Å². The lowest BCUT2D eigenvalue weighted by molar-refractivity contribution is -0.139. The van der Waals surface area contributed by atoms with E-state index in [1.54, 1.807) is 0 Å². The van der Waals surface area contributed by atoms with Gasteiger partial charge in [0, 0.05) is 42.9 Å².